The van der Waals surface area contributed by atoms with E-state index in [-0.39, 0.29) is 5.60 Å². The zero-order chi connectivity index (χ0) is 10.3. The van der Waals surface area contributed by atoms with E-state index in [2.05, 4.69) is 17.3 Å². The fourth-order valence-electron chi connectivity index (χ4n) is 0.875. The topological polar surface area (TPSA) is 59.6 Å². The highest BCUT2D eigenvalue weighted by molar-refractivity contribution is 5.82. The molecule has 0 spiro atoms. The van der Waals surface area contributed by atoms with E-state index in [0.717, 1.165) is 18.8 Å². The monoisotopic (exact) mass is 187 g/mol. The summed E-state index contributed by atoms with van der Waals surface area (Å²) >= 11 is 0. The molecule has 4 nitrogen and oxygen atoms in total. The number of hydrazine groups is 1. The standard InChI is InChI=1S/C9H21N3O/c1-5-6-11-8(12-10)7-9(2,3)13-4/h5-7,10H2,1-4H3,(H,11,12). The second-order valence-corrected chi connectivity index (χ2v) is 3.61. The third-order valence-corrected chi connectivity index (χ3v) is 1.84. The molecule has 4 heteroatoms. The fraction of sp³-hybridized carbons (Fsp3) is 0.889. The molecule has 0 atom stereocenters. The van der Waals surface area contributed by atoms with Gasteiger partial charge in [0, 0.05) is 20.1 Å². The third kappa shape index (κ3) is 5.60. The minimum absolute atomic E-state index is 0.209. The Morgan fingerprint density at radius 3 is 2.54 bits per heavy atom. The first-order valence-electron chi connectivity index (χ1n) is 4.61. The van der Waals surface area contributed by atoms with Gasteiger partial charge in [0.05, 0.1) is 5.60 Å². The van der Waals surface area contributed by atoms with E-state index in [1.54, 1.807) is 7.11 Å². The molecule has 0 aromatic carbocycles. The van der Waals surface area contributed by atoms with Crippen LogP contribution >= 0.6 is 0 Å². The zero-order valence-corrected chi connectivity index (χ0v) is 9.05. The number of nitrogens with zero attached hydrogens (tertiary/aromatic N) is 1. The van der Waals surface area contributed by atoms with Crippen LogP contribution in [-0.4, -0.2) is 25.1 Å². The molecule has 0 saturated carbocycles. The second-order valence-electron chi connectivity index (χ2n) is 3.61. The molecular weight excluding hydrogens is 166 g/mol. The normalized spacial score (nSPS) is 13.2. The number of nitrogens with two attached hydrogens (primary N) is 1. The Labute approximate surface area is 80.5 Å². The van der Waals surface area contributed by atoms with Crippen LogP contribution in [0.2, 0.25) is 0 Å². The van der Waals surface area contributed by atoms with Crippen molar-refractivity contribution < 1.29 is 4.74 Å². The van der Waals surface area contributed by atoms with Crippen molar-refractivity contribution in [2.45, 2.75) is 39.2 Å². The molecule has 0 rings (SSSR count). The van der Waals surface area contributed by atoms with Crippen LogP contribution in [0.1, 0.15) is 33.6 Å². The Balaban J connectivity index is 4.11. The van der Waals surface area contributed by atoms with Crippen molar-refractivity contribution in [3.63, 3.8) is 0 Å². The van der Waals surface area contributed by atoms with E-state index in [0.29, 0.717) is 6.42 Å². The Morgan fingerprint density at radius 1 is 1.54 bits per heavy atom. The number of amidine groups is 1. The van der Waals surface area contributed by atoms with Crippen LogP contribution in [0.5, 0.6) is 0 Å². The van der Waals surface area contributed by atoms with Gasteiger partial charge in [-0.2, -0.15) is 0 Å². The van der Waals surface area contributed by atoms with Gasteiger partial charge in [-0.05, 0) is 20.3 Å². The largest absolute Gasteiger partial charge is 0.378 e. The highest BCUT2D eigenvalue weighted by Crippen LogP contribution is 2.12. The summed E-state index contributed by atoms with van der Waals surface area (Å²) in [6.07, 6.45) is 1.73. The molecule has 0 aromatic heterocycles. The number of hydrogen-bond acceptors (Lipinski definition) is 3. The molecule has 78 valence electrons. The van der Waals surface area contributed by atoms with Gasteiger partial charge in [-0.3, -0.25) is 4.99 Å². The molecule has 0 amide bonds. The van der Waals surface area contributed by atoms with Crippen LogP contribution in [0.3, 0.4) is 0 Å². The lowest BCUT2D eigenvalue weighted by Crippen LogP contribution is -2.37. The molecule has 0 aliphatic carbocycles. The maximum absolute atomic E-state index is 5.34. The smallest absolute Gasteiger partial charge is 0.113 e. The van der Waals surface area contributed by atoms with Gasteiger partial charge in [0.25, 0.3) is 0 Å². The highest BCUT2D eigenvalue weighted by atomic mass is 16.5. The predicted octanol–water partition coefficient (Wildman–Crippen LogP) is 1.07. The molecule has 0 aliphatic heterocycles. The number of nitrogens with one attached hydrogen (secondary N) is 1. The quantitative estimate of drug-likeness (QED) is 0.293. The molecule has 0 heterocycles. The minimum atomic E-state index is -0.209. The summed E-state index contributed by atoms with van der Waals surface area (Å²) in [6.45, 7) is 6.90. The average molecular weight is 187 g/mol. The molecular formula is C9H21N3O. The zero-order valence-electron chi connectivity index (χ0n) is 9.05. The van der Waals surface area contributed by atoms with E-state index in [1.807, 2.05) is 13.8 Å². The molecule has 0 aliphatic rings. The van der Waals surface area contributed by atoms with Crippen molar-refractivity contribution in [3.05, 3.63) is 0 Å². The van der Waals surface area contributed by atoms with Crippen molar-refractivity contribution in [2.24, 2.45) is 10.8 Å². The van der Waals surface area contributed by atoms with Crippen LogP contribution < -0.4 is 11.3 Å². The summed E-state index contributed by atoms with van der Waals surface area (Å²) in [5.41, 5.74) is 2.39. The summed E-state index contributed by atoms with van der Waals surface area (Å²) in [5, 5.41) is 0. The summed E-state index contributed by atoms with van der Waals surface area (Å²) in [6, 6.07) is 0. The van der Waals surface area contributed by atoms with E-state index >= 15 is 0 Å². The van der Waals surface area contributed by atoms with Gasteiger partial charge in [-0.15, -0.1) is 0 Å². The van der Waals surface area contributed by atoms with Gasteiger partial charge >= 0.3 is 0 Å². The lowest BCUT2D eigenvalue weighted by atomic mass is 10.0. The molecule has 0 fully saturated rings. The predicted molar refractivity (Wildman–Crippen MR) is 55.6 cm³/mol. The fourth-order valence-corrected chi connectivity index (χ4v) is 0.875. The van der Waals surface area contributed by atoms with E-state index < -0.39 is 0 Å². The van der Waals surface area contributed by atoms with Crippen LogP contribution in [0.4, 0.5) is 0 Å². The molecule has 0 unspecified atom stereocenters. The highest BCUT2D eigenvalue weighted by Gasteiger charge is 2.18. The Kier molecular flexibility index (Phi) is 5.66. The number of ether oxygens (including phenoxy) is 1. The summed E-state index contributed by atoms with van der Waals surface area (Å²) in [7, 11) is 1.69. The third-order valence-electron chi connectivity index (χ3n) is 1.84. The van der Waals surface area contributed by atoms with Gasteiger partial charge in [0.2, 0.25) is 0 Å². The van der Waals surface area contributed by atoms with Crippen molar-refractivity contribution in [1.29, 1.82) is 0 Å². The van der Waals surface area contributed by atoms with E-state index in [1.165, 1.54) is 0 Å². The van der Waals surface area contributed by atoms with Gasteiger partial charge in [0.1, 0.15) is 5.84 Å². The van der Waals surface area contributed by atoms with Crippen LogP contribution in [-0.2, 0) is 4.74 Å². The first kappa shape index (κ1) is 12.4. The van der Waals surface area contributed by atoms with Crippen molar-refractivity contribution in [1.82, 2.24) is 5.43 Å². The van der Waals surface area contributed by atoms with E-state index in [4.69, 9.17) is 10.6 Å². The summed E-state index contributed by atoms with van der Waals surface area (Å²) < 4.78 is 5.27. The molecule has 0 saturated heterocycles. The number of rotatable bonds is 5. The maximum atomic E-state index is 5.34. The minimum Gasteiger partial charge on any atom is -0.378 e. The lowest BCUT2D eigenvalue weighted by molar-refractivity contribution is 0.0286. The SMILES string of the molecule is CCCN=C(CC(C)(C)OC)NN. The molecule has 0 bridgehead atoms. The summed E-state index contributed by atoms with van der Waals surface area (Å²) in [5.74, 6) is 6.14. The average Bonchev–Trinajstić information content (AvgIpc) is 2.12. The number of methoxy groups -OCH3 is 1. The molecule has 13 heavy (non-hydrogen) atoms. The van der Waals surface area contributed by atoms with Crippen LogP contribution in [0.15, 0.2) is 4.99 Å². The lowest BCUT2D eigenvalue weighted by Gasteiger charge is -2.23. The van der Waals surface area contributed by atoms with Crippen LogP contribution in [0, 0.1) is 0 Å². The van der Waals surface area contributed by atoms with Crippen molar-refractivity contribution >= 4 is 5.84 Å². The Bertz CT molecular complexity index is 166. The molecule has 0 radical (unpaired) electrons. The van der Waals surface area contributed by atoms with E-state index in [9.17, 15) is 0 Å². The summed E-state index contributed by atoms with van der Waals surface area (Å²) in [4.78, 5) is 4.29. The van der Waals surface area contributed by atoms with Gasteiger partial charge in [0.15, 0.2) is 0 Å². The van der Waals surface area contributed by atoms with Gasteiger partial charge < -0.3 is 10.2 Å². The second kappa shape index (κ2) is 5.94. The Morgan fingerprint density at radius 2 is 2.15 bits per heavy atom. The first-order chi connectivity index (χ1) is 6.05. The maximum Gasteiger partial charge on any atom is 0.113 e. The van der Waals surface area contributed by atoms with Gasteiger partial charge in [-0.25, -0.2) is 5.84 Å². The molecule has 0 aromatic rings. The first-order valence-corrected chi connectivity index (χ1v) is 4.61. The van der Waals surface area contributed by atoms with Crippen LogP contribution in [0.25, 0.3) is 0 Å². The number of hydrogen-bond donors (Lipinski definition) is 2. The Hall–Kier alpha value is -0.610. The van der Waals surface area contributed by atoms with Gasteiger partial charge in [-0.1, -0.05) is 6.92 Å². The molecule has 3 N–H and O–H groups in total. The number of aliphatic imine (C=N–C) groups is 1. The van der Waals surface area contributed by atoms with Crippen molar-refractivity contribution in [2.75, 3.05) is 13.7 Å². The van der Waals surface area contributed by atoms with Crippen molar-refractivity contribution in [3.8, 4) is 0 Å².